The van der Waals surface area contributed by atoms with Crippen LogP contribution in [0.15, 0.2) is 23.4 Å². The Bertz CT molecular complexity index is 690. The van der Waals surface area contributed by atoms with E-state index in [9.17, 15) is 19.1 Å². The molecule has 9 heteroatoms. The van der Waals surface area contributed by atoms with E-state index in [1.165, 1.54) is 6.07 Å². The van der Waals surface area contributed by atoms with Gasteiger partial charge in [0.1, 0.15) is 23.2 Å². The van der Waals surface area contributed by atoms with E-state index < -0.39 is 28.5 Å². The normalized spacial score (nSPS) is 14.7. The topological polar surface area (TPSA) is 85.3 Å². The molecule has 0 unspecified atom stereocenters. The number of anilines is 1. The maximum Gasteiger partial charge on any atom is 0.355 e. The van der Waals surface area contributed by atoms with Gasteiger partial charge in [-0.15, -0.1) is 0 Å². The van der Waals surface area contributed by atoms with Gasteiger partial charge in [0.25, 0.3) is 0 Å². The maximum absolute atomic E-state index is 14.3. The predicted molar refractivity (Wildman–Crippen MR) is 77.4 cm³/mol. The molecule has 7 nitrogen and oxygen atoms in total. The molecule has 0 saturated heterocycles. The number of phenolic OH excluding ortho intramolecular Hbond substituents is 1. The summed E-state index contributed by atoms with van der Waals surface area (Å²) in [5.41, 5.74) is -0.491. The van der Waals surface area contributed by atoms with Gasteiger partial charge in [0.05, 0.1) is 32.1 Å². The zero-order valence-electron chi connectivity index (χ0n) is 12.3. The number of nitrogens with zero attached hydrogens (tertiary/aromatic N) is 1. The molecule has 0 aromatic heterocycles. The summed E-state index contributed by atoms with van der Waals surface area (Å²) in [6.07, 6.45) is 0. The van der Waals surface area contributed by atoms with Crippen LogP contribution in [0, 0.1) is 5.82 Å². The SMILES string of the molecule is COC(=O)C1=C(C(=O)OC)N(c2ccc(O)c(Cl)c2F)COC1. The highest BCUT2D eigenvalue weighted by molar-refractivity contribution is 6.32. The van der Waals surface area contributed by atoms with Crippen LogP contribution in [-0.4, -0.2) is 44.6 Å². The molecule has 0 spiro atoms. The van der Waals surface area contributed by atoms with Gasteiger partial charge in [0, 0.05) is 0 Å². The molecule has 0 atom stereocenters. The van der Waals surface area contributed by atoms with Crippen molar-refractivity contribution in [1.82, 2.24) is 0 Å². The number of methoxy groups -OCH3 is 2. The Kier molecular flexibility index (Phi) is 5.07. The minimum atomic E-state index is -0.970. The number of rotatable bonds is 3. The average Bonchev–Trinajstić information content (AvgIpc) is 2.57. The number of benzene rings is 1. The smallest absolute Gasteiger partial charge is 0.355 e. The molecule has 0 saturated carbocycles. The first-order chi connectivity index (χ1) is 10.9. The minimum absolute atomic E-state index is 0.116. The van der Waals surface area contributed by atoms with Crippen molar-refractivity contribution in [2.75, 3.05) is 32.5 Å². The number of ether oxygens (including phenoxy) is 3. The van der Waals surface area contributed by atoms with Gasteiger partial charge in [-0.05, 0) is 12.1 Å². The van der Waals surface area contributed by atoms with Crippen molar-refractivity contribution in [2.45, 2.75) is 0 Å². The largest absolute Gasteiger partial charge is 0.506 e. The van der Waals surface area contributed by atoms with Crippen molar-refractivity contribution in [2.24, 2.45) is 0 Å². The second-order valence-electron chi connectivity index (χ2n) is 4.45. The van der Waals surface area contributed by atoms with Gasteiger partial charge in [-0.1, -0.05) is 11.6 Å². The lowest BCUT2D eigenvalue weighted by Gasteiger charge is -2.31. The summed E-state index contributed by atoms with van der Waals surface area (Å²) in [6.45, 7) is -0.413. The fourth-order valence-corrected chi connectivity index (χ4v) is 2.23. The van der Waals surface area contributed by atoms with Crippen molar-refractivity contribution in [1.29, 1.82) is 0 Å². The van der Waals surface area contributed by atoms with Gasteiger partial charge in [-0.2, -0.15) is 0 Å². The molecule has 0 bridgehead atoms. The van der Waals surface area contributed by atoms with E-state index in [2.05, 4.69) is 9.47 Å². The Morgan fingerprint density at radius 1 is 1.30 bits per heavy atom. The third-order valence-corrected chi connectivity index (χ3v) is 3.52. The van der Waals surface area contributed by atoms with E-state index in [0.29, 0.717) is 0 Å². The van der Waals surface area contributed by atoms with Gasteiger partial charge < -0.3 is 24.2 Å². The standard InChI is InChI=1S/C14H13ClFNO6/c1-21-13(19)7-5-23-6-17(12(7)14(20)22-2)8-3-4-9(18)10(15)11(8)16/h3-4,18H,5-6H2,1-2H3. The van der Waals surface area contributed by atoms with Gasteiger partial charge in [-0.3, -0.25) is 0 Å². The van der Waals surface area contributed by atoms with Gasteiger partial charge in [0.15, 0.2) is 5.82 Å². The van der Waals surface area contributed by atoms with Crippen LogP contribution < -0.4 is 4.90 Å². The Labute approximate surface area is 135 Å². The monoisotopic (exact) mass is 345 g/mol. The molecule has 2 rings (SSSR count). The van der Waals surface area contributed by atoms with Crippen LogP contribution in [-0.2, 0) is 23.8 Å². The number of carbonyl (C=O) groups is 2. The molecule has 23 heavy (non-hydrogen) atoms. The third kappa shape index (κ3) is 3.08. The molecule has 0 fully saturated rings. The number of aromatic hydroxyl groups is 1. The highest BCUT2D eigenvalue weighted by Crippen LogP contribution is 2.36. The maximum atomic E-state index is 14.3. The minimum Gasteiger partial charge on any atom is -0.506 e. The van der Waals surface area contributed by atoms with E-state index in [-0.39, 0.29) is 30.3 Å². The van der Waals surface area contributed by atoms with E-state index in [1.807, 2.05) is 0 Å². The van der Waals surface area contributed by atoms with Crippen molar-refractivity contribution in [3.63, 3.8) is 0 Å². The molecule has 0 radical (unpaired) electrons. The summed E-state index contributed by atoms with van der Waals surface area (Å²) >= 11 is 5.67. The van der Waals surface area contributed by atoms with E-state index in [1.54, 1.807) is 0 Å². The van der Waals surface area contributed by atoms with Crippen LogP contribution in [0.25, 0.3) is 0 Å². The molecule has 1 aliphatic rings. The van der Waals surface area contributed by atoms with Crippen LogP contribution in [0.2, 0.25) is 5.02 Å². The number of hydrogen-bond donors (Lipinski definition) is 1. The van der Waals surface area contributed by atoms with Crippen LogP contribution in [0.3, 0.4) is 0 Å². The molecule has 1 aromatic rings. The van der Waals surface area contributed by atoms with E-state index >= 15 is 0 Å². The predicted octanol–water partition coefficient (Wildman–Crippen LogP) is 1.58. The Morgan fingerprint density at radius 2 is 1.96 bits per heavy atom. The zero-order valence-corrected chi connectivity index (χ0v) is 13.0. The van der Waals surface area contributed by atoms with Crippen molar-refractivity contribution in [3.05, 3.63) is 34.2 Å². The van der Waals surface area contributed by atoms with Crippen LogP contribution in [0.1, 0.15) is 0 Å². The van der Waals surface area contributed by atoms with Crippen LogP contribution in [0.4, 0.5) is 10.1 Å². The summed E-state index contributed by atoms with van der Waals surface area (Å²) in [5, 5.41) is 8.91. The Morgan fingerprint density at radius 3 is 2.57 bits per heavy atom. The summed E-state index contributed by atoms with van der Waals surface area (Å²) < 4.78 is 28.8. The number of esters is 2. The summed E-state index contributed by atoms with van der Waals surface area (Å²) in [4.78, 5) is 25.0. The number of halogens is 2. The van der Waals surface area contributed by atoms with Crippen molar-refractivity contribution >= 4 is 29.2 Å². The second kappa shape index (κ2) is 6.84. The summed E-state index contributed by atoms with van der Waals surface area (Å²) in [5.74, 6) is -3.09. The highest BCUT2D eigenvalue weighted by Gasteiger charge is 2.34. The van der Waals surface area contributed by atoms with Crippen molar-refractivity contribution < 1.29 is 33.3 Å². The lowest BCUT2D eigenvalue weighted by Crippen LogP contribution is -2.39. The molecular weight excluding hydrogens is 333 g/mol. The van der Waals surface area contributed by atoms with E-state index in [0.717, 1.165) is 25.2 Å². The zero-order chi connectivity index (χ0) is 17.1. The van der Waals surface area contributed by atoms with Gasteiger partial charge in [-0.25, -0.2) is 14.0 Å². The van der Waals surface area contributed by atoms with Crippen LogP contribution >= 0.6 is 11.6 Å². The molecule has 1 aliphatic heterocycles. The first kappa shape index (κ1) is 17.0. The Balaban J connectivity index is 2.62. The highest BCUT2D eigenvalue weighted by atomic mass is 35.5. The molecule has 1 N–H and O–H groups in total. The van der Waals surface area contributed by atoms with Crippen molar-refractivity contribution in [3.8, 4) is 5.75 Å². The van der Waals surface area contributed by atoms with Gasteiger partial charge >= 0.3 is 11.9 Å². The fraction of sp³-hybridized carbons (Fsp3) is 0.286. The first-order valence-corrected chi connectivity index (χ1v) is 6.72. The molecular formula is C14H13ClFNO6. The fourth-order valence-electron chi connectivity index (χ4n) is 2.07. The number of hydrogen-bond acceptors (Lipinski definition) is 7. The second-order valence-corrected chi connectivity index (χ2v) is 4.83. The van der Waals surface area contributed by atoms with Gasteiger partial charge in [0.2, 0.25) is 0 Å². The van der Waals surface area contributed by atoms with E-state index in [4.69, 9.17) is 16.3 Å². The number of phenols is 1. The van der Waals surface area contributed by atoms with Crippen LogP contribution in [0.5, 0.6) is 5.75 Å². The molecule has 0 aliphatic carbocycles. The molecule has 1 heterocycles. The molecule has 0 amide bonds. The summed E-state index contributed by atoms with van der Waals surface area (Å²) in [6, 6.07) is 2.35. The molecule has 124 valence electrons. The molecule has 1 aromatic carbocycles. The average molecular weight is 346 g/mol. The third-order valence-electron chi connectivity index (χ3n) is 3.17. The Hall–Kier alpha value is -2.32. The quantitative estimate of drug-likeness (QED) is 0.832. The summed E-state index contributed by atoms with van der Waals surface area (Å²) in [7, 11) is 2.26. The lowest BCUT2D eigenvalue weighted by molar-refractivity contribution is -0.140. The number of carbonyl (C=O) groups excluding carboxylic acids is 2. The lowest BCUT2D eigenvalue weighted by atomic mass is 10.1. The first-order valence-electron chi connectivity index (χ1n) is 6.34.